The van der Waals surface area contributed by atoms with Crippen molar-refractivity contribution in [2.75, 3.05) is 5.32 Å². The SMILES string of the molecule is O=C(O)c1ccncc1Nc1ccc(Cl)c(F)c1. The van der Waals surface area contributed by atoms with Gasteiger partial charge in [0.1, 0.15) is 5.82 Å². The van der Waals surface area contributed by atoms with Crippen LogP contribution in [-0.2, 0) is 0 Å². The second-order valence-corrected chi connectivity index (χ2v) is 3.89. The standard InChI is InChI=1S/C12H8ClFN2O2/c13-9-2-1-7(5-10(9)14)16-11-6-15-4-3-8(11)12(17)18/h1-6,16H,(H,17,18). The summed E-state index contributed by atoms with van der Waals surface area (Å²) in [5.74, 6) is -1.67. The summed E-state index contributed by atoms with van der Waals surface area (Å²) < 4.78 is 13.2. The number of benzene rings is 1. The molecular weight excluding hydrogens is 259 g/mol. The lowest BCUT2D eigenvalue weighted by Gasteiger charge is -2.09. The van der Waals surface area contributed by atoms with Crippen LogP contribution in [0.15, 0.2) is 36.7 Å². The predicted molar refractivity (Wildman–Crippen MR) is 65.9 cm³/mol. The van der Waals surface area contributed by atoms with E-state index < -0.39 is 11.8 Å². The third-order valence-electron chi connectivity index (χ3n) is 2.25. The summed E-state index contributed by atoms with van der Waals surface area (Å²) in [5, 5.41) is 11.8. The van der Waals surface area contributed by atoms with Crippen LogP contribution < -0.4 is 5.32 Å². The number of rotatable bonds is 3. The van der Waals surface area contributed by atoms with Gasteiger partial charge in [0.05, 0.1) is 22.5 Å². The third kappa shape index (κ3) is 2.57. The molecular formula is C12H8ClFN2O2. The van der Waals surface area contributed by atoms with Crippen LogP contribution in [0.1, 0.15) is 10.4 Å². The van der Waals surface area contributed by atoms with E-state index in [0.29, 0.717) is 5.69 Å². The molecule has 1 aromatic carbocycles. The number of hydrogen-bond donors (Lipinski definition) is 2. The Bertz CT molecular complexity index is 604. The molecule has 0 radical (unpaired) electrons. The summed E-state index contributed by atoms with van der Waals surface area (Å²) in [6, 6.07) is 5.47. The number of carbonyl (C=O) groups is 1. The highest BCUT2D eigenvalue weighted by Crippen LogP contribution is 2.23. The van der Waals surface area contributed by atoms with Gasteiger partial charge in [0.2, 0.25) is 0 Å². The molecule has 0 aliphatic heterocycles. The highest BCUT2D eigenvalue weighted by atomic mass is 35.5. The summed E-state index contributed by atoms with van der Waals surface area (Å²) >= 11 is 5.56. The molecule has 92 valence electrons. The number of anilines is 2. The van der Waals surface area contributed by atoms with E-state index in [9.17, 15) is 9.18 Å². The minimum Gasteiger partial charge on any atom is -0.478 e. The molecule has 0 amide bonds. The fourth-order valence-electron chi connectivity index (χ4n) is 1.41. The van der Waals surface area contributed by atoms with Gasteiger partial charge in [0.25, 0.3) is 0 Å². The van der Waals surface area contributed by atoms with Gasteiger partial charge in [-0.25, -0.2) is 9.18 Å². The number of carboxylic acid groups (broad SMARTS) is 1. The van der Waals surface area contributed by atoms with Gasteiger partial charge in [-0.05, 0) is 24.3 Å². The quantitative estimate of drug-likeness (QED) is 0.895. The average molecular weight is 267 g/mol. The minimum absolute atomic E-state index is 0.00481. The highest BCUT2D eigenvalue weighted by Gasteiger charge is 2.10. The molecule has 4 nitrogen and oxygen atoms in total. The Labute approximate surface area is 107 Å². The summed E-state index contributed by atoms with van der Waals surface area (Å²) in [5.41, 5.74) is 0.736. The molecule has 2 aromatic rings. The summed E-state index contributed by atoms with van der Waals surface area (Å²) in [7, 11) is 0. The number of carboxylic acids is 1. The molecule has 0 saturated carbocycles. The molecule has 0 spiro atoms. The Morgan fingerprint density at radius 2 is 2.17 bits per heavy atom. The Morgan fingerprint density at radius 3 is 2.83 bits per heavy atom. The largest absolute Gasteiger partial charge is 0.478 e. The van der Waals surface area contributed by atoms with E-state index in [1.54, 1.807) is 6.07 Å². The van der Waals surface area contributed by atoms with Crippen molar-refractivity contribution in [1.29, 1.82) is 0 Å². The van der Waals surface area contributed by atoms with E-state index in [0.717, 1.165) is 0 Å². The molecule has 0 atom stereocenters. The smallest absolute Gasteiger partial charge is 0.337 e. The van der Waals surface area contributed by atoms with Crippen molar-refractivity contribution in [2.45, 2.75) is 0 Å². The highest BCUT2D eigenvalue weighted by molar-refractivity contribution is 6.30. The Balaban J connectivity index is 2.34. The number of aromatic nitrogens is 1. The van der Waals surface area contributed by atoms with Gasteiger partial charge in [-0.3, -0.25) is 4.98 Å². The van der Waals surface area contributed by atoms with Crippen molar-refractivity contribution in [2.24, 2.45) is 0 Å². The molecule has 2 N–H and O–H groups in total. The second kappa shape index (κ2) is 5.01. The molecule has 2 rings (SSSR count). The van der Waals surface area contributed by atoms with Crippen molar-refractivity contribution in [3.8, 4) is 0 Å². The first-order valence-electron chi connectivity index (χ1n) is 4.97. The molecule has 6 heteroatoms. The van der Waals surface area contributed by atoms with Gasteiger partial charge >= 0.3 is 5.97 Å². The maximum atomic E-state index is 13.2. The fraction of sp³-hybridized carbons (Fsp3) is 0. The average Bonchev–Trinajstić information content (AvgIpc) is 2.34. The van der Waals surface area contributed by atoms with Crippen molar-refractivity contribution in [1.82, 2.24) is 4.98 Å². The van der Waals surface area contributed by atoms with Crippen molar-refractivity contribution < 1.29 is 14.3 Å². The van der Waals surface area contributed by atoms with Gasteiger partial charge in [0, 0.05) is 11.9 Å². The van der Waals surface area contributed by atoms with Crippen LogP contribution in [0.3, 0.4) is 0 Å². The molecule has 0 unspecified atom stereocenters. The van der Waals surface area contributed by atoms with Crippen LogP contribution in [0.5, 0.6) is 0 Å². The predicted octanol–water partition coefficient (Wildman–Crippen LogP) is 3.32. The number of nitrogens with zero attached hydrogens (tertiary/aromatic N) is 1. The summed E-state index contributed by atoms with van der Waals surface area (Å²) in [6.45, 7) is 0. The minimum atomic E-state index is -1.09. The van der Waals surface area contributed by atoms with E-state index in [1.807, 2.05) is 0 Å². The zero-order valence-corrected chi connectivity index (χ0v) is 9.78. The van der Waals surface area contributed by atoms with Gasteiger partial charge in [-0.15, -0.1) is 0 Å². The van der Waals surface area contributed by atoms with E-state index in [-0.39, 0.29) is 16.3 Å². The fourth-order valence-corrected chi connectivity index (χ4v) is 1.53. The molecule has 1 heterocycles. The van der Waals surface area contributed by atoms with E-state index >= 15 is 0 Å². The number of pyridine rings is 1. The molecule has 0 saturated heterocycles. The summed E-state index contributed by atoms with van der Waals surface area (Å²) in [4.78, 5) is 14.8. The first-order chi connectivity index (χ1) is 8.58. The van der Waals surface area contributed by atoms with Crippen LogP contribution >= 0.6 is 11.6 Å². The van der Waals surface area contributed by atoms with Gasteiger partial charge in [-0.2, -0.15) is 0 Å². The van der Waals surface area contributed by atoms with Crippen molar-refractivity contribution >= 4 is 28.9 Å². The molecule has 0 bridgehead atoms. The number of nitrogens with one attached hydrogen (secondary N) is 1. The lowest BCUT2D eigenvalue weighted by Crippen LogP contribution is -2.03. The first-order valence-corrected chi connectivity index (χ1v) is 5.35. The van der Waals surface area contributed by atoms with Crippen LogP contribution in [0.25, 0.3) is 0 Å². The molecule has 1 aromatic heterocycles. The maximum Gasteiger partial charge on any atom is 0.337 e. The zero-order chi connectivity index (χ0) is 13.1. The first kappa shape index (κ1) is 12.3. The molecule has 0 aliphatic rings. The van der Waals surface area contributed by atoms with Gasteiger partial charge < -0.3 is 10.4 Å². The number of aromatic carboxylic acids is 1. The zero-order valence-electron chi connectivity index (χ0n) is 9.02. The maximum absolute atomic E-state index is 13.2. The number of hydrogen-bond acceptors (Lipinski definition) is 3. The van der Waals surface area contributed by atoms with Crippen LogP contribution in [0.2, 0.25) is 5.02 Å². The Kier molecular flexibility index (Phi) is 3.43. The lowest BCUT2D eigenvalue weighted by molar-refractivity contribution is 0.0698. The molecule has 0 fully saturated rings. The summed E-state index contributed by atoms with van der Waals surface area (Å²) in [6.07, 6.45) is 2.73. The topological polar surface area (TPSA) is 62.2 Å². The second-order valence-electron chi connectivity index (χ2n) is 3.48. The Morgan fingerprint density at radius 1 is 1.39 bits per heavy atom. The van der Waals surface area contributed by atoms with Crippen LogP contribution in [-0.4, -0.2) is 16.1 Å². The number of halogens is 2. The van der Waals surface area contributed by atoms with Gasteiger partial charge in [0.15, 0.2) is 0 Å². The van der Waals surface area contributed by atoms with Crippen molar-refractivity contribution in [3.63, 3.8) is 0 Å². The van der Waals surface area contributed by atoms with Gasteiger partial charge in [-0.1, -0.05) is 11.6 Å². The normalized spacial score (nSPS) is 10.1. The lowest BCUT2D eigenvalue weighted by atomic mass is 10.2. The van der Waals surface area contributed by atoms with Crippen molar-refractivity contribution in [3.05, 3.63) is 53.1 Å². The van der Waals surface area contributed by atoms with E-state index in [4.69, 9.17) is 16.7 Å². The van der Waals surface area contributed by atoms with E-state index in [2.05, 4.69) is 10.3 Å². The monoisotopic (exact) mass is 266 g/mol. The molecule has 18 heavy (non-hydrogen) atoms. The van der Waals surface area contributed by atoms with E-state index in [1.165, 1.54) is 30.6 Å². The van der Waals surface area contributed by atoms with Crippen LogP contribution in [0.4, 0.5) is 15.8 Å². The Hall–Kier alpha value is -2.14. The van der Waals surface area contributed by atoms with Crippen LogP contribution in [0, 0.1) is 5.82 Å². The molecule has 0 aliphatic carbocycles. The third-order valence-corrected chi connectivity index (χ3v) is 2.56.